The largest absolute Gasteiger partial charge is 0.386 e. The van der Waals surface area contributed by atoms with Crippen LogP contribution in [0.4, 0.5) is 13.6 Å². The second-order valence-electron chi connectivity index (χ2n) is 4.94. The Balaban J connectivity index is 1.67. The molecule has 8 heteroatoms. The molecule has 1 aromatic heterocycles. The van der Waals surface area contributed by atoms with Crippen molar-refractivity contribution in [2.45, 2.75) is 19.1 Å². The number of urea groups is 1. The van der Waals surface area contributed by atoms with Gasteiger partial charge in [0.15, 0.2) is 0 Å². The van der Waals surface area contributed by atoms with Gasteiger partial charge >= 0.3 is 6.03 Å². The zero-order chi connectivity index (χ0) is 16.7. The molecule has 124 valence electrons. The molecule has 1 atom stereocenters. The first-order valence-electron chi connectivity index (χ1n) is 7.18. The number of hydrogen-bond acceptors (Lipinski definition) is 3. The Morgan fingerprint density at radius 1 is 1.35 bits per heavy atom. The molecule has 0 aliphatic heterocycles. The maximum atomic E-state index is 13.5. The van der Waals surface area contributed by atoms with Crippen LogP contribution in [0, 0.1) is 11.6 Å². The molecule has 2 amide bonds. The number of aliphatic hydroxyl groups excluding tert-OH is 1. The Labute approximate surface area is 132 Å². The van der Waals surface area contributed by atoms with Gasteiger partial charge in [-0.2, -0.15) is 5.10 Å². The Kier molecular flexibility index (Phi) is 6.04. The smallest absolute Gasteiger partial charge is 0.314 e. The molecular weight excluding hydrogens is 306 g/mol. The lowest BCUT2D eigenvalue weighted by Gasteiger charge is -2.13. The summed E-state index contributed by atoms with van der Waals surface area (Å²) in [5, 5.41) is 18.9. The van der Waals surface area contributed by atoms with E-state index in [9.17, 15) is 18.7 Å². The number of halogens is 2. The highest BCUT2D eigenvalue weighted by Crippen LogP contribution is 2.17. The van der Waals surface area contributed by atoms with Crippen molar-refractivity contribution in [1.82, 2.24) is 20.4 Å². The highest BCUT2D eigenvalue weighted by atomic mass is 19.1. The van der Waals surface area contributed by atoms with E-state index in [0.29, 0.717) is 25.6 Å². The Morgan fingerprint density at radius 2 is 2.17 bits per heavy atom. The van der Waals surface area contributed by atoms with Crippen molar-refractivity contribution in [3.05, 3.63) is 53.9 Å². The van der Waals surface area contributed by atoms with Crippen LogP contribution in [-0.4, -0.2) is 34.0 Å². The molecule has 2 aromatic rings. The van der Waals surface area contributed by atoms with Crippen LogP contribution in [0.5, 0.6) is 0 Å². The fourth-order valence-electron chi connectivity index (χ4n) is 2.01. The predicted octanol–water partition coefficient (Wildman–Crippen LogP) is 1.58. The summed E-state index contributed by atoms with van der Waals surface area (Å²) in [5.41, 5.74) is -0.0645. The molecule has 0 radical (unpaired) electrons. The number of nitrogens with one attached hydrogen (secondary N) is 2. The normalized spacial score (nSPS) is 12.0. The Hall–Kier alpha value is -2.48. The number of carbonyl (C=O) groups is 1. The van der Waals surface area contributed by atoms with Crippen LogP contribution < -0.4 is 10.6 Å². The van der Waals surface area contributed by atoms with Gasteiger partial charge in [-0.05, 0) is 18.6 Å². The summed E-state index contributed by atoms with van der Waals surface area (Å²) in [4.78, 5) is 11.6. The van der Waals surface area contributed by atoms with E-state index >= 15 is 0 Å². The molecule has 23 heavy (non-hydrogen) atoms. The van der Waals surface area contributed by atoms with Gasteiger partial charge in [0, 0.05) is 43.7 Å². The standard InChI is InChI=1S/C15H18F2N4O2/c16-11-3-4-12(13(17)9-11)14(22)10-19-15(23)18-5-1-7-21-8-2-6-20-21/h2-4,6,8-9,14,22H,1,5,7,10H2,(H2,18,19,23). The van der Waals surface area contributed by atoms with Gasteiger partial charge in [0.1, 0.15) is 11.6 Å². The first-order chi connectivity index (χ1) is 11.1. The number of amides is 2. The molecule has 1 unspecified atom stereocenters. The summed E-state index contributed by atoms with van der Waals surface area (Å²) in [6.07, 6.45) is 2.96. The number of aromatic nitrogens is 2. The van der Waals surface area contributed by atoms with Crippen LogP contribution in [-0.2, 0) is 6.54 Å². The maximum absolute atomic E-state index is 13.5. The predicted molar refractivity (Wildman–Crippen MR) is 79.6 cm³/mol. The van der Waals surface area contributed by atoms with Crippen molar-refractivity contribution in [2.24, 2.45) is 0 Å². The van der Waals surface area contributed by atoms with Crippen molar-refractivity contribution in [3.8, 4) is 0 Å². The topological polar surface area (TPSA) is 79.2 Å². The van der Waals surface area contributed by atoms with Gasteiger partial charge < -0.3 is 15.7 Å². The third kappa shape index (κ3) is 5.33. The molecule has 1 aromatic carbocycles. The summed E-state index contributed by atoms with van der Waals surface area (Å²) in [6, 6.07) is 4.24. The maximum Gasteiger partial charge on any atom is 0.314 e. The van der Waals surface area contributed by atoms with Crippen molar-refractivity contribution in [1.29, 1.82) is 0 Å². The molecule has 3 N–H and O–H groups in total. The zero-order valence-corrected chi connectivity index (χ0v) is 12.4. The molecule has 6 nitrogen and oxygen atoms in total. The van der Waals surface area contributed by atoms with Crippen LogP contribution in [0.2, 0.25) is 0 Å². The average molecular weight is 324 g/mol. The first-order valence-corrected chi connectivity index (χ1v) is 7.18. The second kappa shape index (κ2) is 8.23. The van der Waals surface area contributed by atoms with Gasteiger partial charge in [-0.25, -0.2) is 13.6 Å². The lowest BCUT2D eigenvalue weighted by atomic mass is 10.1. The van der Waals surface area contributed by atoms with Crippen LogP contribution in [0.1, 0.15) is 18.1 Å². The number of rotatable bonds is 7. The fraction of sp³-hybridized carbons (Fsp3) is 0.333. The number of benzene rings is 1. The van der Waals surface area contributed by atoms with E-state index in [1.54, 1.807) is 10.9 Å². The molecular formula is C15H18F2N4O2. The molecule has 0 bridgehead atoms. The summed E-state index contributed by atoms with van der Waals surface area (Å²) < 4.78 is 28.0. The molecule has 0 spiro atoms. The Bertz CT molecular complexity index is 634. The SMILES string of the molecule is O=C(NCCCn1cccn1)NCC(O)c1ccc(F)cc1F. The number of nitrogens with zero attached hydrogens (tertiary/aromatic N) is 2. The summed E-state index contributed by atoms with van der Waals surface area (Å²) >= 11 is 0. The van der Waals surface area contributed by atoms with E-state index in [1.807, 2.05) is 12.3 Å². The monoisotopic (exact) mass is 324 g/mol. The number of aryl methyl sites for hydroxylation is 1. The van der Waals surface area contributed by atoms with E-state index < -0.39 is 23.8 Å². The Morgan fingerprint density at radius 3 is 2.87 bits per heavy atom. The summed E-state index contributed by atoms with van der Waals surface area (Å²) in [7, 11) is 0. The first kappa shape index (κ1) is 16.9. The minimum absolute atomic E-state index is 0.0645. The van der Waals surface area contributed by atoms with E-state index in [1.165, 1.54) is 0 Å². The molecule has 0 saturated carbocycles. The van der Waals surface area contributed by atoms with Crippen LogP contribution >= 0.6 is 0 Å². The number of aliphatic hydroxyl groups is 1. The minimum atomic E-state index is -1.24. The molecule has 1 heterocycles. The quantitative estimate of drug-likeness (QED) is 0.677. The van der Waals surface area contributed by atoms with Gasteiger partial charge in [-0.3, -0.25) is 4.68 Å². The van der Waals surface area contributed by atoms with Gasteiger partial charge in [0.05, 0.1) is 6.10 Å². The molecule has 2 rings (SSSR count). The van der Waals surface area contributed by atoms with Gasteiger partial charge in [0.2, 0.25) is 0 Å². The second-order valence-corrected chi connectivity index (χ2v) is 4.94. The van der Waals surface area contributed by atoms with Crippen molar-refractivity contribution in [3.63, 3.8) is 0 Å². The molecule has 0 fully saturated rings. The zero-order valence-electron chi connectivity index (χ0n) is 12.4. The van der Waals surface area contributed by atoms with Crippen molar-refractivity contribution in [2.75, 3.05) is 13.1 Å². The highest BCUT2D eigenvalue weighted by molar-refractivity contribution is 5.73. The van der Waals surface area contributed by atoms with Gasteiger partial charge in [-0.15, -0.1) is 0 Å². The number of hydrogen-bond donors (Lipinski definition) is 3. The van der Waals surface area contributed by atoms with E-state index in [-0.39, 0.29) is 12.1 Å². The summed E-state index contributed by atoms with van der Waals surface area (Å²) in [6.45, 7) is 0.941. The van der Waals surface area contributed by atoms with Crippen molar-refractivity contribution < 1.29 is 18.7 Å². The van der Waals surface area contributed by atoms with Crippen LogP contribution in [0.3, 0.4) is 0 Å². The minimum Gasteiger partial charge on any atom is -0.386 e. The van der Waals surface area contributed by atoms with E-state index in [0.717, 1.165) is 12.1 Å². The molecule has 0 aliphatic rings. The highest BCUT2D eigenvalue weighted by Gasteiger charge is 2.14. The van der Waals surface area contributed by atoms with Gasteiger partial charge in [0.25, 0.3) is 0 Å². The lowest BCUT2D eigenvalue weighted by molar-refractivity contribution is 0.168. The third-order valence-corrected chi connectivity index (χ3v) is 3.19. The third-order valence-electron chi connectivity index (χ3n) is 3.19. The van der Waals surface area contributed by atoms with Crippen molar-refractivity contribution >= 4 is 6.03 Å². The van der Waals surface area contributed by atoms with Crippen LogP contribution in [0.25, 0.3) is 0 Å². The van der Waals surface area contributed by atoms with E-state index in [2.05, 4.69) is 15.7 Å². The van der Waals surface area contributed by atoms with Crippen LogP contribution in [0.15, 0.2) is 36.7 Å². The fourth-order valence-corrected chi connectivity index (χ4v) is 2.01. The summed E-state index contributed by atoms with van der Waals surface area (Å²) in [5.74, 6) is -1.57. The lowest BCUT2D eigenvalue weighted by Crippen LogP contribution is -2.38. The molecule has 0 saturated heterocycles. The van der Waals surface area contributed by atoms with E-state index in [4.69, 9.17) is 0 Å². The molecule has 0 aliphatic carbocycles. The van der Waals surface area contributed by atoms with Gasteiger partial charge in [-0.1, -0.05) is 6.07 Å². The number of carbonyl (C=O) groups excluding carboxylic acids is 1. The average Bonchev–Trinajstić information content (AvgIpc) is 3.02.